The molecule has 8 heteroatoms. The van der Waals surface area contributed by atoms with Gasteiger partial charge in [-0.05, 0) is 58.9 Å². The Balaban J connectivity index is 1.60. The molecule has 1 fully saturated rings. The molecule has 1 aliphatic rings. The molecule has 0 radical (unpaired) electrons. The molecule has 2 heterocycles. The highest BCUT2D eigenvalue weighted by molar-refractivity contribution is 9.11. The summed E-state index contributed by atoms with van der Waals surface area (Å²) in [5.41, 5.74) is 6.30. The summed E-state index contributed by atoms with van der Waals surface area (Å²) >= 11 is 6.41. The van der Waals surface area contributed by atoms with Crippen molar-refractivity contribution in [3.05, 3.63) is 26.4 Å². The number of carbonyl (C=O) groups is 1. The summed E-state index contributed by atoms with van der Waals surface area (Å²) in [6, 6.07) is 4.45. The summed E-state index contributed by atoms with van der Waals surface area (Å²) in [5, 5.41) is 6.98. The van der Waals surface area contributed by atoms with E-state index in [4.69, 9.17) is 5.73 Å². The van der Waals surface area contributed by atoms with Crippen molar-refractivity contribution < 1.29 is 4.79 Å². The zero-order valence-electron chi connectivity index (χ0n) is 11.2. The van der Waals surface area contributed by atoms with Crippen molar-refractivity contribution in [2.45, 2.75) is 25.3 Å². The maximum absolute atomic E-state index is 12.2. The average Bonchev–Trinajstić information content (AvgIpc) is 3.03. The molecule has 0 bridgehead atoms. The number of thiophene rings is 1. The molecule has 0 aliphatic heterocycles. The smallest absolute Gasteiger partial charge is 0.258 e. The minimum Gasteiger partial charge on any atom is -0.382 e. The van der Waals surface area contributed by atoms with Gasteiger partial charge in [-0.3, -0.25) is 4.79 Å². The van der Waals surface area contributed by atoms with Gasteiger partial charge >= 0.3 is 0 Å². The Morgan fingerprint density at radius 2 is 2.29 bits per heavy atom. The Bertz CT molecular complexity index is 650. The van der Waals surface area contributed by atoms with E-state index in [1.54, 1.807) is 11.3 Å². The highest BCUT2D eigenvalue weighted by Crippen LogP contribution is 2.29. The number of nitrogen functional groups attached to an aromatic ring is 1. The fourth-order valence-electron chi connectivity index (χ4n) is 1.91. The van der Waals surface area contributed by atoms with Crippen LogP contribution in [0.15, 0.2) is 15.9 Å². The van der Waals surface area contributed by atoms with Gasteiger partial charge in [0, 0.05) is 17.5 Å². The molecule has 3 rings (SSSR count). The average molecular weight is 387 g/mol. The molecule has 2 aromatic rings. The van der Waals surface area contributed by atoms with Crippen molar-refractivity contribution in [3.63, 3.8) is 0 Å². The number of hydrogen-bond donors (Lipinski definition) is 3. The highest BCUT2D eigenvalue weighted by atomic mass is 79.9. The third kappa shape index (κ3) is 3.75. The van der Waals surface area contributed by atoms with Crippen molar-refractivity contribution in [1.82, 2.24) is 9.69 Å². The number of nitrogens with zero attached hydrogens (tertiary/aromatic N) is 1. The molecular weight excluding hydrogens is 372 g/mol. The lowest BCUT2D eigenvalue weighted by molar-refractivity contribution is 0.0953. The molecule has 21 heavy (non-hydrogen) atoms. The first-order valence-electron chi connectivity index (χ1n) is 6.67. The van der Waals surface area contributed by atoms with Crippen LogP contribution in [0.1, 0.15) is 28.1 Å². The number of halogens is 1. The molecule has 1 amide bonds. The molecule has 5 nitrogen and oxygen atoms in total. The van der Waals surface area contributed by atoms with Crippen LogP contribution in [-0.4, -0.2) is 22.9 Å². The number of amides is 1. The summed E-state index contributed by atoms with van der Waals surface area (Å²) in [7, 11) is 0. The zero-order chi connectivity index (χ0) is 14.8. The van der Waals surface area contributed by atoms with Crippen LogP contribution in [0.25, 0.3) is 0 Å². The van der Waals surface area contributed by atoms with Crippen LogP contribution in [0, 0.1) is 0 Å². The third-order valence-electron chi connectivity index (χ3n) is 3.14. The Morgan fingerprint density at radius 3 is 2.95 bits per heavy atom. The van der Waals surface area contributed by atoms with Gasteiger partial charge in [-0.1, -0.05) is 0 Å². The normalized spacial score (nSPS) is 14.1. The number of nitrogens with two attached hydrogens (primary N) is 1. The van der Waals surface area contributed by atoms with Crippen molar-refractivity contribution in [2.75, 3.05) is 17.6 Å². The van der Waals surface area contributed by atoms with Crippen molar-refractivity contribution in [1.29, 1.82) is 0 Å². The number of anilines is 2. The minimum atomic E-state index is -0.120. The van der Waals surface area contributed by atoms with Crippen LogP contribution in [0.5, 0.6) is 0 Å². The number of nitrogens with one attached hydrogen (secondary N) is 2. The predicted molar refractivity (Wildman–Crippen MR) is 91.2 cm³/mol. The van der Waals surface area contributed by atoms with Crippen LogP contribution in [0.2, 0.25) is 0 Å². The molecule has 112 valence electrons. The molecule has 0 spiro atoms. The summed E-state index contributed by atoms with van der Waals surface area (Å²) in [6.07, 6.45) is 3.01. The molecule has 0 atom stereocenters. The number of aromatic nitrogens is 1. The van der Waals surface area contributed by atoms with Gasteiger partial charge in [0.25, 0.3) is 5.91 Å². The van der Waals surface area contributed by atoms with E-state index in [1.807, 2.05) is 6.07 Å². The first kappa shape index (κ1) is 14.8. The molecule has 4 N–H and O–H groups in total. The molecule has 0 aromatic carbocycles. The standard InChI is InChI=1S/C13H15BrN4OS2/c14-9-4-3-8(20-9)5-6-16-13-10(11(15)18-21-13)12(19)17-7-1-2-7/h3-4,7,16H,1-2,5-6H2,(H2,15,18)(H,17,19). The van der Waals surface area contributed by atoms with Crippen LogP contribution >= 0.6 is 38.8 Å². The van der Waals surface area contributed by atoms with Crippen LogP contribution in [0.3, 0.4) is 0 Å². The van der Waals surface area contributed by atoms with Gasteiger partial charge in [-0.25, -0.2) is 0 Å². The highest BCUT2D eigenvalue weighted by Gasteiger charge is 2.27. The van der Waals surface area contributed by atoms with Crippen LogP contribution in [-0.2, 0) is 6.42 Å². The van der Waals surface area contributed by atoms with E-state index < -0.39 is 0 Å². The van der Waals surface area contributed by atoms with Gasteiger partial charge in [0.2, 0.25) is 0 Å². The minimum absolute atomic E-state index is 0.120. The molecule has 0 unspecified atom stereocenters. The van der Waals surface area contributed by atoms with E-state index in [0.717, 1.165) is 34.6 Å². The van der Waals surface area contributed by atoms with Crippen LogP contribution in [0.4, 0.5) is 10.8 Å². The second kappa shape index (κ2) is 6.33. The van der Waals surface area contributed by atoms with Crippen molar-refractivity contribution in [2.24, 2.45) is 0 Å². The predicted octanol–water partition coefficient (Wildman–Crippen LogP) is 3.10. The summed E-state index contributed by atoms with van der Waals surface area (Å²) in [5.74, 6) is 0.185. The second-order valence-electron chi connectivity index (χ2n) is 4.90. The lowest BCUT2D eigenvalue weighted by atomic mass is 10.2. The monoisotopic (exact) mass is 386 g/mol. The Morgan fingerprint density at radius 1 is 1.48 bits per heavy atom. The topological polar surface area (TPSA) is 80.0 Å². The zero-order valence-corrected chi connectivity index (χ0v) is 14.4. The molecule has 0 saturated heterocycles. The van der Waals surface area contributed by atoms with Crippen molar-refractivity contribution >= 4 is 55.5 Å². The van der Waals surface area contributed by atoms with Gasteiger partial charge in [0.15, 0.2) is 5.82 Å². The fourth-order valence-corrected chi connectivity index (χ4v) is 4.13. The number of carbonyl (C=O) groups excluding carboxylic acids is 1. The van der Waals surface area contributed by atoms with E-state index in [2.05, 4.69) is 37.0 Å². The second-order valence-corrected chi connectivity index (χ2v) is 8.22. The Labute approximate surface area is 139 Å². The van der Waals surface area contributed by atoms with Gasteiger partial charge in [-0.2, -0.15) is 4.37 Å². The molecule has 1 saturated carbocycles. The maximum Gasteiger partial charge on any atom is 0.258 e. The SMILES string of the molecule is Nc1nsc(NCCc2ccc(Br)s2)c1C(=O)NC1CC1. The fraction of sp³-hybridized carbons (Fsp3) is 0.385. The quantitative estimate of drug-likeness (QED) is 0.712. The summed E-state index contributed by atoms with van der Waals surface area (Å²) in [6.45, 7) is 0.748. The molecule has 2 aromatic heterocycles. The Hall–Kier alpha value is -1.12. The van der Waals surface area contributed by atoms with E-state index in [0.29, 0.717) is 17.4 Å². The maximum atomic E-state index is 12.2. The van der Waals surface area contributed by atoms with Crippen molar-refractivity contribution in [3.8, 4) is 0 Å². The lowest BCUT2D eigenvalue weighted by Gasteiger charge is -2.07. The largest absolute Gasteiger partial charge is 0.382 e. The van der Waals surface area contributed by atoms with Gasteiger partial charge < -0.3 is 16.4 Å². The van der Waals surface area contributed by atoms with E-state index >= 15 is 0 Å². The van der Waals surface area contributed by atoms with Gasteiger partial charge in [-0.15, -0.1) is 11.3 Å². The summed E-state index contributed by atoms with van der Waals surface area (Å²) < 4.78 is 5.22. The van der Waals surface area contributed by atoms with Gasteiger partial charge in [0.1, 0.15) is 10.6 Å². The first-order valence-corrected chi connectivity index (χ1v) is 9.06. The molecular formula is C13H15BrN4OS2. The molecule has 1 aliphatic carbocycles. The van der Waals surface area contributed by atoms with Crippen LogP contribution < -0.4 is 16.4 Å². The first-order chi connectivity index (χ1) is 10.1. The number of hydrogen-bond acceptors (Lipinski definition) is 6. The third-order valence-corrected chi connectivity index (χ3v) is 5.65. The van der Waals surface area contributed by atoms with Gasteiger partial charge in [0.05, 0.1) is 3.79 Å². The van der Waals surface area contributed by atoms with E-state index in [9.17, 15) is 4.79 Å². The summed E-state index contributed by atoms with van der Waals surface area (Å²) in [4.78, 5) is 13.5. The number of rotatable bonds is 6. The van der Waals surface area contributed by atoms with E-state index in [1.165, 1.54) is 16.4 Å². The lowest BCUT2D eigenvalue weighted by Crippen LogP contribution is -2.26. The Kier molecular flexibility index (Phi) is 4.46. The van der Waals surface area contributed by atoms with E-state index in [-0.39, 0.29) is 5.91 Å².